The molecule has 0 aliphatic carbocycles. The number of benzene rings is 1. The molecule has 2 aromatic heterocycles. The van der Waals surface area contributed by atoms with Crippen LogP contribution in [0.5, 0.6) is 5.75 Å². The van der Waals surface area contributed by atoms with Gasteiger partial charge in [0.25, 0.3) is 10.8 Å². The molecule has 0 spiro atoms. The Morgan fingerprint density at radius 3 is 2.74 bits per heavy atom. The van der Waals surface area contributed by atoms with Crippen molar-refractivity contribution >= 4 is 23.1 Å². The van der Waals surface area contributed by atoms with Crippen LogP contribution in [0.15, 0.2) is 58.7 Å². The zero-order chi connectivity index (χ0) is 21.8. The van der Waals surface area contributed by atoms with E-state index in [-0.39, 0.29) is 18.1 Å². The van der Waals surface area contributed by atoms with E-state index in [1.165, 1.54) is 23.1 Å². The summed E-state index contributed by atoms with van der Waals surface area (Å²) >= 11 is 5.26. The summed E-state index contributed by atoms with van der Waals surface area (Å²) in [5, 5.41) is 10.0. The number of aromatic nitrogens is 4. The zero-order valence-corrected chi connectivity index (χ0v) is 17.4. The number of likely N-dealkylation sites (N-methyl/N-ethyl adjacent to an activating group) is 1. The van der Waals surface area contributed by atoms with Crippen molar-refractivity contribution in [3.05, 3.63) is 70.4 Å². The van der Waals surface area contributed by atoms with E-state index in [0.717, 1.165) is 23.4 Å². The Bertz CT molecular complexity index is 1180. The first kappa shape index (κ1) is 20.7. The average Bonchev–Trinajstić information content (AvgIpc) is 3.21. The van der Waals surface area contributed by atoms with Gasteiger partial charge in [-0.15, -0.1) is 0 Å². The van der Waals surface area contributed by atoms with Gasteiger partial charge in [-0.1, -0.05) is 18.2 Å². The van der Waals surface area contributed by atoms with Gasteiger partial charge in [-0.25, -0.2) is 14.6 Å². The molecule has 0 saturated heterocycles. The Morgan fingerprint density at radius 1 is 1.23 bits per heavy atom. The van der Waals surface area contributed by atoms with Gasteiger partial charge in [0.2, 0.25) is 0 Å². The molecule has 158 valence electrons. The third-order valence-corrected chi connectivity index (χ3v) is 4.78. The molecule has 1 unspecified atom stereocenters. The van der Waals surface area contributed by atoms with E-state index >= 15 is 0 Å². The minimum atomic E-state index is -0.600. The lowest BCUT2D eigenvalue weighted by Crippen LogP contribution is -2.25. The minimum absolute atomic E-state index is 0.0615. The number of nitrogens with zero attached hydrogens (tertiary/aromatic N) is 6. The molecule has 0 radical (unpaired) electrons. The van der Waals surface area contributed by atoms with Gasteiger partial charge < -0.3 is 4.74 Å². The molecule has 3 aromatic rings. The van der Waals surface area contributed by atoms with Crippen molar-refractivity contribution in [2.24, 2.45) is 5.10 Å². The normalized spacial score (nSPS) is 15.3. The van der Waals surface area contributed by atoms with E-state index in [4.69, 9.17) is 16.3 Å². The Hall–Kier alpha value is -3.59. The maximum Gasteiger partial charge on any atom is 0.267 e. The molecule has 1 atom stereocenters. The van der Waals surface area contributed by atoms with Crippen LogP contribution in [0, 0.1) is 0 Å². The average molecular weight is 439 g/mol. The highest BCUT2D eigenvalue weighted by Gasteiger charge is 2.19. The van der Waals surface area contributed by atoms with Gasteiger partial charge in [0.1, 0.15) is 0 Å². The maximum absolute atomic E-state index is 12.3. The monoisotopic (exact) mass is 438 g/mol. The van der Waals surface area contributed by atoms with Crippen molar-refractivity contribution in [2.45, 2.75) is 12.5 Å². The van der Waals surface area contributed by atoms with E-state index < -0.39 is 5.24 Å². The Kier molecular flexibility index (Phi) is 6.03. The summed E-state index contributed by atoms with van der Waals surface area (Å²) in [5.41, 5.74) is 2.30. The second-order valence-electron chi connectivity index (χ2n) is 7.05. The maximum atomic E-state index is 12.3. The SMILES string of the molecule is CN1CC(c2ccc(=O)n(Cc3cccc(-c4ncc(OCC(=O)Cl)cn4)c3)n2)C=N1. The summed E-state index contributed by atoms with van der Waals surface area (Å²) in [4.78, 5) is 31.7. The number of rotatable bonds is 7. The first-order chi connectivity index (χ1) is 15.0. The fraction of sp³-hybridized carbons (Fsp3) is 0.238. The molecule has 9 nitrogen and oxygen atoms in total. The second kappa shape index (κ2) is 9.05. The number of hydrogen-bond donors (Lipinski definition) is 0. The van der Waals surface area contributed by atoms with Crippen molar-refractivity contribution < 1.29 is 9.53 Å². The first-order valence-electron chi connectivity index (χ1n) is 9.54. The number of carbonyl (C=O) groups is 1. The van der Waals surface area contributed by atoms with Crippen LogP contribution in [-0.4, -0.2) is 56.4 Å². The highest BCUT2D eigenvalue weighted by atomic mass is 35.5. The van der Waals surface area contributed by atoms with E-state index in [1.54, 1.807) is 6.07 Å². The molecular weight excluding hydrogens is 420 g/mol. The first-order valence-corrected chi connectivity index (χ1v) is 9.91. The molecule has 0 amide bonds. The Balaban J connectivity index is 1.52. The van der Waals surface area contributed by atoms with Crippen LogP contribution in [0.2, 0.25) is 0 Å². The summed E-state index contributed by atoms with van der Waals surface area (Å²) < 4.78 is 6.62. The minimum Gasteiger partial charge on any atom is -0.481 e. The van der Waals surface area contributed by atoms with Crippen LogP contribution >= 0.6 is 11.6 Å². The molecule has 0 bridgehead atoms. The summed E-state index contributed by atoms with van der Waals surface area (Å²) in [5.74, 6) is 0.902. The lowest BCUT2D eigenvalue weighted by atomic mass is 10.1. The molecule has 1 aliphatic rings. The number of ether oxygens (including phenoxy) is 1. The second-order valence-corrected chi connectivity index (χ2v) is 7.47. The Labute approximate surface area is 183 Å². The molecule has 1 aromatic carbocycles. The fourth-order valence-electron chi connectivity index (χ4n) is 3.18. The number of hydrazone groups is 1. The lowest BCUT2D eigenvalue weighted by molar-refractivity contribution is -0.113. The summed E-state index contributed by atoms with van der Waals surface area (Å²) in [7, 11) is 1.90. The van der Waals surface area contributed by atoms with Gasteiger partial charge in [0.05, 0.1) is 30.6 Å². The number of carbonyl (C=O) groups excluding carboxylic acids is 1. The zero-order valence-electron chi connectivity index (χ0n) is 16.7. The standard InChI is InChI=1S/C21H19ClN6O3/c1-27-12-16(8-25-27)18-5-6-20(30)28(26-18)11-14-3-2-4-15(7-14)21-23-9-17(10-24-21)31-13-19(22)29/h2-10,16H,11-13H2,1H3. The lowest BCUT2D eigenvalue weighted by Gasteiger charge is -2.12. The van der Waals surface area contributed by atoms with E-state index in [2.05, 4.69) is 20.2 Å². The highest BCUT2D eigenvalue weighted by molar-refractivity contribution is 6.63. The predicted molar refractivity (Wildman–Crippen MR) is 115 cm³/mol. The third kappa shape index (κ3) is 5.13. The predicted octanol–water partition coefficient (Wildman–Crippen LogP) is 1.91. The number of hydrogen-bond acceptors (Lipinski definition) is 8. The molecule has 0 fully saturated rings. The van der Waals surface area contributed by atoms with Crippen LogP contribution in [0.25, 0.3) is 11.4 Å². The van der Waals surface area contributed by atoms with E-state index in [1.807, 2.05) is 42.5 Å². The van der Waals surface area contributed by atoms with Gasteiger partial charge in [0.15, 0.2) is 18.2 Å². The van der Waals surface area contributed by atoms with E-state index in [0.29, 0.717) is 18.1 Å². The van der Waals surface area contributed by atoms with Crippen molar-refractivity contribution in [1.29, 1.82) is 0 Å². The van der Waals surface area contributed by atoms with Crippen LogP contribution in [0.4, 0.5) is 0 Å². The quantitative estimate of drug-likeness (QED) is 0.519. The topological polar surface area (TPSA) is 103 Å². The van der Waals surface area contributed by atoms with Gasteiger partial charge >= 0.3 is 0 Å². The smallest absolute Gasteiger partial charge is 0.267 e. The molecular formula is C21H19ClN6O3. The van der Waals surface area contributed by atoms with Gasteiger partial charge in [-0.2, -0.15) is 10.2 Å². The van der Waals surface area contributed by atoms with Crippen LogP contribution in [0.3, 0.4) is 0 Å². The molecule has 10 heteroatoms. The van der Waals surface area contributed by atoms with Crippen molar-refractivity contribution in [1.82, 2.24) is 24.8 Å². The largest absolute Gasteiger partial charge is 0.481 e. The van der Waals surface area contributed by atoms with Gasteiger partial charge in [-0.05, 0) is 29.3 Å². The molecule has 1 aliphatic heterocycles. The number of halogens is 1. The molecule has 31 heavy (non-hydrogen) atoms. The molecule has 4 rings (SSSR count). The van der Waals surface area contributed by atoms with Crippen molar-refractivity contribution in [3.8, 4) is 17.1 Å². The van der Waals surface area contributed by atoms with Crippen molar-refractivity contribution in [3.63, 3.8) is 0 Å². The third-order valence-electron chi connectivity index (χ3n) is 4.67. The molecule has 0 N–H and O–H groups in total. The van der Waals surface area contributed by atoms with Crippen LogP contribution in [0.1, 0.15) is 17.2 Å². The molecule has 3 heterocycles. The fourth-order valence-corrected chi connectivity index (χ4v) is 3.23. The summed E-state index contributed by atoms with van der Waals surface area (Å²) in [6.07, 6.45) is 4.79. The summed E-state index contributed by atoms with van der Waals surface area (Å²) in [6, 6.07) is 10.9. The molecule has 0 saturated carbocycles. The van der Waals surface area contributed by atoms with Crippen molar-refractivity contribution in [2.75, 3.05) is 20.2 Å². The van der Waals surface area contributed by atoms with Gasteiger partial charge in [0, 0.05) is 31.4 Å². The van der Waals surface area contributed by atoms with Crippen LogP contribution < -0.4 is 10.3 Å². The van der Waals surface area contributed by atoms with Crippen LogP contribution in [-0.2, 0) is 11.3 Å². The highest BCUT2D eigenvalue weighted by Crippen LogP contribution is 2.19. The van der Waals surface area contributed by atoms with Gasteiger partial charge in [-0.3, -0.25) is 14.6 Å². The Morgan fingerprint density at radius 2 is 2.03 bits per heavy atom. The summed E-state index contributed by atoms with van der Waals surface area (Å²) in [6.45, 7) is 0.805. The van der Waals surface area contributed by atoms with E-state index in [9.17, 15) is 9.59 Å².